The Bertz CT molecular complexity index is 257. The Morgan fingerprint density at radius 1 is 0.714 bits per heavy atom. The summed E-state index contributed by atoms with van der Waals surface area (Å²) in [6.45, 7) is 6.47. The van der Waals surface area contributed by atoms with Gasteiger partial charge in [0, 0.05) is 14.2 Å². The second-order valence-electron chi connectivity index (χ2n) is 6.59. The van der Waals surface area contributed by atoms with Crippen LogP contribution in [0.1, 0.15) is 12.8 Å². The zero-order valence-electron chi connectivity index (χ0n) is 15.4. The molecule has 0 rings (SSSR count). The third-order valence-corrected chi connectivity index (χ3v) is 11.5. The molecule has 0 aromatic rings. The fourth-order valence-electron chi connectivity index (χ4n) is 2.28. The van der Waals surface area contributed by atoms with E-state index in [1.54, 1.807) is 14.2 Å². The van der Waals surface area contributed by atoms with Crippen LogP contribution in [0.15, 0.2) is 0 Å². The largest absolute Gasteiger partial charge is 0.415 e. The van der Waals surface area contributed by atoms with Gasteiger partial charge in [0.2, 0.25) is 0 Å². The minimum atomic E-state index is -2.13. The molecule has 0 spiro atoms. The summed E-state index contributed by atoms with van der Waals surface area (Å²) in [4.78, 5) is 4.41. The average molecular weight is 337 g/mol. The molecule has 0 aliphatic rings. The second kappa shape index (κ2) is 10.1. The lowest BCUT2D eigenvalue weighted by molar-refractivity contribution is 0.236. The molecule has 0 amide bonds. The molecule has 0 aromatic carbocycles. The number of nitrogens with zero attached hydrogens (tertiary/aromatic N) is 2. The molecule has 0 aliphatic carbocycles. The van der Waals surface area contributed by atoms with Gasteiger partial charge >= 0.3 is 17.1 Å². The van der Waals surface area contributed by atoms with Gasteiger partial charge in [-0.2, -0.15) is 0 Å². The van der Waals surface area contributed by atoms with Gasteiger partial charge in [0.15, 0.2) is 0 Å². The van der Waals surface area contributed by atoms with E-state index in [1.807, 2.05) is 0 Å². The van der Waals surface area contributed by atoms with Crippen molar-refractivity contribution in [2.75, 3.05) is 55.5 Å². The first-order valence-corrected chi connectivity index (χ1v) is 12.8. The zero-order valence-corrected chi connectivity index (χ0v) is 17.4. The lowest BCUT2D eigenvalue weighted by Gasteiger charge is -2.35. The fourth-order valence-corrected chi connectivity index (χ4v) is 9.42. The topological polar surface area (TPSA) is 34.2 Å². The van der Waals surface area contributed by atoms with E-state index in [2.05, 4.69) is 51.1 Å². The highest BCUT2D eigenvalue weighted by Gasteiger charge is 2.41. The first kappa shape index (κ1) is 21.2. The summed E-state index contributed by atoms with van der Waals surface area (Å²) in [6, 6.07) is 2.03. The predicted molar refractivity (Wildman–Crippen MR) is 94.3 cm³/mol. The molecule has 0 radical (unpaired) electrons. The Kier molecular flexibility index (Phi) is 10.2. The van der Waals surface area contributed by atoms with E-state index in [0.717, 1.165) is 38.0 Å². The Labute approximate surface area is 134 Å². The molecule has 0 N–H and O–H groups in total. The molecule has 2 atom stereocenters. The van der Waals surface area contributed by atoms with E-state index < -0.39 is 17.1 Å². The van der Waals surface area contributed by atoms with Crippen molar-refractivity contribution < 1.29 is 13.0 Å². The molecule has 0 saturated heterocycles. The van der Waals surface area contributed by atoms with Crippen LogP contribution >= 0.6 is 0 Å². The van der Waals surface area contributed by atoms with E-state index in [-0.39, 0.29) is 0 Å². The molecule has 0 heterocycles. The molecule has 0 fully saturated rings. The maximum atomic E-state index is 6.48. The van der Waals surface area contributed by atoms with Crippen molar-refractivity contribution in [1.82, 2.24) is 9.80 Å². The summed E-state index contributed by atoms with van der Waals surface area (Å²) in [5.74, 6) is 0. The molecule has 0 aliphatic heterocycles. The second-order valence-corrected chi connectivity index (χ2v) is 13.8. The van der Waals surface area contributed by atoms with E-state index in [1.165, 1.54) is 0 Å². The van der Waals surface area contributed by atoms with Crippen molar-refractivity contribution in [3.05, 3.63) is 0 Å². The van der Waals surface area contributed by atoms with Crippen molar-refractivity contribution in [3.63, 3.8) is 0 Å². The molecule has 0 bridgehead atoms. The van der Waals surface area contributed by atoms with E-state index in [4.69, 9.17) is 13.0 Å². The average Bonchev–Trinajstić information content (AvgIpc) is 2.37. The van der Waals surface area contributed by atoms with Gasteiger partial charge in [-0.05, 0) is 79.3 Å². The number of rotatable bonds is 12. The standard InChI is InChI=1S/C14H36N2O3Si2/c1-15(2)11-9-13-20(7,17-5)19-21(8,18-6)14-10-12-16(3)4/h9-14H2,1-8H3. The van der Waals surface area contributed by atoms with Gasteiger partial charge in [-0.25, -0.2) is 0 Å². The van der Waals surface area contributed by atoms with Crippen LogP contribution in [0.4, 0.5) is 0 Å². The molecular weight excluding hydrogens is 300 g/mol. The maximum Gasteiger partial charge on any atom is 0.325 e. The van der Waals surface area contributed by atoms with E-state index in [9.17, 15) is 0 Å². The van der Waals surface area contributed by atoms with Gasteiger partial charge in [0.05, 0.1) is 0 Å². The molecule has 0 aromatic heterocycles. The van der Waals surface area contributed by atoms with Crippen LogP contribution in [0, 0.1) is 0 Å². The highest BCUT2D eigenvalue weighted by atomic mass is 28.5. The predicted octanol–water partition coefficient (Wildman–Crippen LogP) is 2.34. The van der Waals surface area contributed by atoms with Crippen LogP contribution in [0.2, 0.25) is 25.2 Å². The zero-order chi connectivity index (χ0) is 16.5. The highest BCUT2D eigenvalue weighted by molar-refractivity contribution is 6.80. The van der Waals surface area contributed by atoms with Gasteiger partial charge < -0.3 is 22.8 Å². The SMILES string of the molecule is CO[Si](C)(CCCN(C)C)O[Si](C)(CCCN(C)C)OC. The molecule has 21 heavy (non-hydrogen) atoms. The van der Waals surface area contributed by atoms with Crippen molar-refractivity contribution in [1.29, 1.82) is 0 Å². The monoisotopic (exact) mass is 336 g/mol. The molecule has 0 saturated carbocycles. The van der Waals surface area contributed by atoms with Gasteiger partial charge in [0.25, 0.3) is 0 Å². The summed E-state index contributed by atoms with van der Waals surface area (Å²) in [5.41, 5.74) is 0. The summed E-state index contributed by atoms with van der Waals surface area (Å²) in [6.07, 6.45) is 2.21. The Morgan fingerprint density at radius 3 is 1.29 bits per heavy atom. The smallest absolute Gasteiger partial charge is 0.325 e. The van der Waals surface area contributed by atoms with Crippen LogP contribution in [0.3, 0.4) is 0 Å². The maximum absolute atomic E-state index is 6.48. The first-order valence-electron chi connectivity index (χ1n) is 7.76. The summed E-state index contributed by atoms with van der Waals surface area (Å²) in [7, 11) is 7.71. The van der Waals surface area contributed by atoms with Gasteiger partial charge in [-0.3, -0.25) is 0 Å². The first-order chi connectivity index (χ1) is 9.66. The summed E-state index contributed by atoms with van der Waals surface area (Å²) >= 11 is 0. The fraction of sp³-hybridized carbons (Fsp3) is 1.00. The minimum absolute atomic E-state index is 1.02. The van der Waals surface area contributed by atoms with Gasteiger partial charge in [-0.1, -0.05) is 0 Å². The lowest BCUT2D eigenvalue weighted by atomic mass is 10.5. The Morgan fingerprint density at radius 2 is 1.05 bits per heavy atom. The van der Waals surface area contributed by atoms with Crippen LogP contribution in [-0.2, 0) is 13.0 Å². The molecule has 128 valence electrons. The van der Waals surface area contributed by atoms with Crippen LogP contribution in [0.5, 0.6) is 0 Å². The van der Waals surface area contributed by atoms with Crippen LogP contribution in [-0.4, -0.2) is 82.4 Å². The van der Waals surface area contributed by atoms with Gasteiger partial charge in [-0.15, -0.1) is 0 Å². The summed E-state index contributed by atoms with van der Waals surface area (Å²) in [5, 5.41) is 0. The third-order valence-electron chi connectivity index (χ3n) is 3.77. The van der Waals surface area contributed by atoms with Crippen molar-refractivity contribution in [2.24, 2.45) is 0 Å². The molecule has 7 heteroatoms. The van der Waals surface area contributed by atoms with Crippen LogP contribution < -0.4 is 0 Å². The van der Waals surface area contributed by atoms with Crippen LogP contribution in [0.25, 0.3) is 0 Å². The minimum Gasteiger partial charge on any atom is -0.415 e. The van der Waals surface area contributed by atoms with E-state index >= 15 is 0 Å². The van der Waals surface area contributed by atoms with Gasteiger partial charge in [0.1, 0.15) is 0 Å². The normalized spacial score (nSPS) is 18.0. The third kappa shape index (κ3) is 9.77. The van der Waals surface area contributed by atoms with Crippen molar-refractivity contribution >= 4 is 17.1 Å². The summed E-state index contributed by atoms with van der Waals surface area (Å²) < 4.78 is 18.1. The molecule has 2 unspecified atom stereocenters. The molecular formula is C14H36N2O3Si2. The van der Waals surface area contributed by atoms with Crippen molar-refractivity contribution in [3.8, 4) is 0 Å². The Balaban J connectivity index is 4.48. The lowest BCUT2D eigenvalue weighted by Crippen LogP contribution is -2.51. The van der Waals surface area contributed by atoms with Crippen molar-refractivity contribution in [2.45, 2.75) is 38.0 Å². The number of hydrogen-bond acceptors (Lipinski definition) is 5. The number of hydrogen-bond donors (Lipinski definition) is 0. The Hall–Kier alpha value is 0.234. The molecule has 5 nitrogen and oxygen atoms in total. The quantitative estimate of drug-likeness (QED) is 0.511. The van der Waals surface area contributed by atoms with E-state index in [0.29, 0.717) is 0 Å². The highest BCUT2D eigenvalue weighted by Crippen LogP contribution is 2.25.